The summed E-state index contributed by atoms with van der Waals surface area (Å²) in [5.41, 5.74) is 0.894. The first-order valence-corrected chi connectivity index (χ1v) is 11.2. The van der Waals surface area contributed by atoms with E-state index in [-0.39, 0.29) is 39.7 Å². The van der Waals surface area contributed by atoms with Crippen LogP contribution in [0.25, 0.3) is 0 Å². The van der Waals surface area contributed by atoms with Crippen LogP contribution in [0.2, 0.25) is 0 Å². The van der Waals surface area contributed by atoms with Crippen LogP contribution in [-0.2, 0) is 6.42 Å². The van der Waals surface area contributed by atoms with Gasteiger partial charge in [0.1, 0.15) is 5.56 Å². The van der Waals surface area contributed by atoms with Gasteiger partial charge in [0.05, 0.1) is 0 Å². The minimum atomic E-state index is -0.385. The number of hydrogen-bond donors (Lipinski definition) is 2. The molecule has 1 amide bonds. The zero-order chi connectivity index (χ0) is 20.6. The summed E-state index contributed by atoms with van der Waals surface area (Å²) in [6.07, 6.45) is 8.79. The summed E-state index contributed by atoms with van der Waals surface area (Å²) in [6, 6.07) is 1.58. The molecule has 2 N–H and O–H groups in total. The van der Waals surface area contributed by atoms with E-state index in [1.165, 1.54) is 44.6 Å². The molecule has 0 saturated heterocycles. The van der Waals surface area contributed by atoms with E-state index in [1.54, 1.807) is 0 Å². The van der Waals surface area contributed by atoms with Crippen LogP contribution in [0.1, 0.15) is 92.1 Å². The van der Waals surface area contributed by atoms with Gasteiger partial charge in [-0.3, -0.25) is 14.4 Å². The quantitative estimate of drug-likeness (QED) is 0.814. The number of H-pyrrole nitrogens is 1. The number of fused-ring (bicyclic) bond motifs is 1. The molecule has 156 valence electrons. The Morgan fingerprint density at radius 1 is 1.07 bits per heavy atom. The van der Waals surface area contributed by atoms with Crippen molar-refractivity contribution in [1.82, 2.24) is 10.3 Å². The van der Waals surface area contributed by atoms with Crippen molar-refractivity contribution in [3.63, 3.8) is 0 Å². The molecule has 5 aliphatic carbocycles. The second-order valence-electron chi connectivity index (χ2n) is 11.3. The zero-order valence-corrected chi connectivity index (χ0v) is 17.8. The Morgan fingerprint density at radius 3 is 2.24 bits per heavy atom. The monoisotopic (exact) mass is 396 g/mol. The summed E-state index contributed by atoms with van der Waals surface area (Å²) in [4.78, 5) is 41.1. The number of hydrogen-bond acceptors (Lipinski definition) is 3. The normalized spacial score (nSPS) is 35.3. The fourth-order valence-electron chi connectivity index (χ4n) is 7.33. The van der Waals surface area contributed by atoms with Crippen molar-refractivity contribution in [2.24, 2.45) is 28.6 Å². The van der Waals surface area contributed by atoms with Gasteiger partial charge in [0.25, 0.3) is 11.5 Å². The molecular weight excluding hydrogens is 364 g/mol. The highest BCUT2D eigenvalue weighted by atomic mass is 16.2. The standard InChI is InChI=1S/C24H32N2O3/c1-13(24-8-14-4-15(9-24)6-16(5-14)10-24)25-21(28)18-7-17-19(26-22(18)29)11-23(2,3)12-20(17)27/h7,13-16H,4-6,8-12H2,1-3H3,(H,25,28)(H,26,29). The largest absolute Gasteiger partial charge is 0.349 e. The third kappa shape index (κ3) is 3.17. The van der Waals surface area contributed by atoms with Gasteiger partial charge in [0, 0.05) is 23.7 Å². The lowest BCUT2D eigenvalue weighted by atomic mass is 9.48. The van der Waals surface area contributed by atoms with Crippen molar-refractivity contribution in [1.29, 1.82) is 0 Å². The van der Waals surface area contributed by atoms with Crippen molar-refractivity contribution in [3.8, 4) is 0 Å². The van der Waals surface area contributed by atoms with Gasteiger partial charge in [0.15, 0.2) is 5.78 Å². The Hall–Kier alpha value is -1.91. The summed E-state index contributed by atoms with van der Waals surface area (Å²) in [5, 5.41) is 3.16. The molecule has 0 aromatic carbocycles. The summed E-state index contributed by atoms with van der Waals surface area (Å²) in [6.45, 7) is 6.17. The van der Waals surface area contributed by atoms with E-state index in [4.69, 9.17) is 0 Å². The van der Waals surface area contributed by atoms with E-state index in [9.17, 15) is 14.4 Å². The SMILES string of the molecule is CC(NC(=O)c1cc2c([nH]c1=O)CC(C)(C)CC2=O)C12CC3CC(CC(C3)C1)C2. The van der Waals surface area contributed by atoms with Gasteiger partial charge in [-0.05, 0) is 86.5 Å². The molecule has 4 saturated carbocycles. The molecule has 5 aliphatic rings. The summed E-state index contributed by atoms with van der Waals surface area (Å²) >= 11 is 0. The van der Waals surface area contributed by atoms with Crippen LogP contribution < -0.4 is 10.9 Å². The number of ketones is 1. The third-order valence-electron chi connectivity index (χ3n) is 8.31. The number of aromatic nitrogens is 1. The first kappa shape index (κ1) is 19.1. The fraction of sp³-hybridized carbons (Fsp3) is 0.708. The van der Waals surface area contributed by atoms with Crippen LogP contribution in [0.5, 0.6) is 0 Å². The smallest absolute Gasteiger partial charge is 0.261 e. The molecule has 4 fully saturated rings. The highest BCUT2D eigenvalue weighted by Gasteiger charge is 2.53. The molecule has 1 heterocycles. The van der Waals surface area contributed by atoms with E-state index >= 15 is 0 Å². The molecular formula is C24H32N2O3. The van der Waals surface area contributed by atoms with Crippen LogP contribution in [0.15, 0.2) is 10.9 Å². The highest BCUT2D eigenvalue weighted by Crippen LogP contribution is 2.61. The van der Waals surface area contributed by atoms with Crippen LogP contribution in [0, 0.1) is 28.6 Å². The summed E-state index contributed by atoms with van der Waals surface area (Å²) < 4.78 is 0. The van der Waals surface area contributed by atoms with Crippen molar-refractivity contribution < 1.29 is 9.59 Å². The van der Waals surface area contributed by atoms with Gasteiger partial charge in [-0.1, -0.05) is 13.8 Å². The lowest BCUT2D eigenvalue weighted by Gasteiger charge is -2.59. The van der Waals surface area contributed by atoms with Crippen LogP contribution in [0.3, 0.4) is 0 Å². The molecule has 29 heavy (non-hydrogen) atoms. The van der Waals surface area contributed by atoms with Crippen molar-refractivity contribution >= 4 is 11.7 Å². The molecule has 0 radical (unpaired) electrons. The summed E-state index contributed by atoms with van der Waals surface area (Å²) in [7, 11) is 0. The Bertz CT molecular complexity index is 907. The number of Topliss-reactive ketones (excluding diaryl/α,β-unsaturated/α-hetero) is 1. The van der Waals surface area contributed by atoms with E-state index in [0.29, 0.717) is 24.1 Å². The zero-order valence-electron chi connectivity index (χ0n) is 17.8. The lowest BCUT2D eigenvalue weighted by Crippen LogP contribution is -2.56. The average molecular weight is 397 g/mol. The number of rotatable bonds is 3. The van der Waals surface area contributed by atoms with Crippen LogP contribution in [0.4, 0.5) is 0 Å². The molecule has 6 rings (SSSR count). The van der Waals surface area contributed by atoms with Crippen molar-refractivity contribution in [2.45, 2.75) is 78.2 Å². The van der Waals surface area contributed by atoms with Crippen LogP contribution in [-0.4, -0.2) is 22.7 Å². The van der Waals surface area contributed by atoms with Gasteiger partial charge in [-0.15, -0.1) is 0 Å². The van der Waals surface area contributed by atoms with Gasteiger partial charge in [0.2, 0.25) is 0 Å². The van der Waals surface area contributed by atoms with Gasteiger partial charge in [-0.2, -0.15) is 0 Å². The van der Waals surface area contributed by atoms with Crippen LogP contribution >= 0.6 is 0 Å². The maximum Gasteiger partial charge on any atom is 0.261 e. The number of pyridine rings is 1. The minimum absolute atomic E-state index is 0.00989. The third-order valence-corrected chi connectivity index (χ3v) is 8.31. The summed E-state index contributed by atoms with van der Waals surface area (Å²) in [5.74, 6) is 2.11. The van der Waals surface area contributed by atoms with E-state index < -0.39 is 0 Å². The maximum atomic E-state index is 13.0. The van der Waals surface area contributed by atoms with Crippen molar-refractivity contribution in [3.05, 3.63) is 33.2 Å². The number of carbonyl (C=O) groups is 2. The fourth-order valence-corrected chi connectivity index (χ4v) is 7.33. The molecule has 1 atom stereocenters. The molecule has 1 aromatic rings. The van der Waals surface area contributed by atoms with Gasteiger partial charge in [-0.25, -0.2) is 0 Å². The predicted octanol–water partition coefficient (Wildman–Crippen LogP) is 3.86. The Morgan fingerprint density at radius 2 is 1.66 bits per heavy atom. The maximum absolute atomic E-state index is 13.0. The second-order valence-corrected chi connectivity index (χ2v) is 11.3. The van der Waals surface area contributed by atoms with Crippen molar-refractivity contribution in [2.75, 3.05) is 0 Å². The number of carbonyl (C=O) groups excluding carboxylic acids is 2. The molecule has 5 nitrogen and oxygen atoms in total. The molecule has 4 bridgehead atoms. The molecule has 0 aliphatic heterocycles. The van der Waals surface area contributed by atoms with Gasteiger partial charge < -0.3 is 10.3 Å². The predicted molar refractivity (Wildman–Crippen MR) is 111 cm³/mol. The lowest BCUT2D eigenvalue weighted by molar-refractivity contribution is -0.0688. The first-order valence-electron chi connectivity index (χ1n) is 11.2. The first-order chi connectivity index (χ1) is 13.6. The molecule has 1 aromatic heterocycles. The van der Waals surface area contributed by atoms with E-state index in [1.807, 2.05) is 13.8 Å². The molecule has 5 heteroatoms. The number of nitrogens with one attached hydrogen (secondary N) is 2. The topological polar surface area (TPSA) is 79.0 Å². The number of amides is 1. The number of aromatic amines is 1. The van der Waals surface area contributed by atoms with E-state index in [0.717, 1.165) is 17.8 Å². The molecule has 0 spiro atoms. The molecule has 1 unspecified atom stereocenters. The van der Waals surface area contributed by atoms with E-state index in [2.05, 4.69) is 17.2 Å². The Balaban J connectivity index is 1.38. The Labute approximate surface area is 172 Å². The average Bonchev–Trinajstić information content (AvgIpc) is 2.58. The second kappa shape index (κ2) is 6.29. The van der Waals surface area contributed by atoms with Gasteiger partial charge >= 0.3 is 0 Å². The highest BCUT2D eigenvalue weighted by molar-refractivity contribution is 6.02. The minimum Gasteiger partial charge on any atom is -0.349 e. The Kier molecular flexibility index (Phi) is 4.14.